The largest absolute Gasteiger partial charge is 0.383 e. The van der Waals surface area contributed by atoms with Crippen LogP contribution in [0.4, 0.5) is 0 Å². The number of methoxy groups -OCH3 is 1. The first kappa shape index (κ1) is 10.3. The van der Waals surface area contributed by atoms with Crippen molar-refractivity contribution in [2.75, 3.05) is 27.8 Å². The maximum Gasteiger partial charge on any atom is 0.0641 e. The monoisotopic (exact) mass is 182 g/mol. The van der Waals surface area contributed by atoms with Gasteiger partial charge in [0, 0.05) is 32.1 Å². The highest BCUT2D eigenvalue weighted by Crippen LogP contribution is 2.04. The van der Waals surface area contributed by atoms with E-state index in [1.54, 1.807) is 7.11 Å². The summed E-state index contributed by atoms with van der Waals surface area (Å²) in [6, 6.07) is 4.23. The second kappa shape index (κ2) is 5.04. The van der Waals surface area contributed by atoms with Crippen molar-refractivity contribution in [1.82, 2.24) is 9.47 Å². The molecule has 1 aromatic heterocycles. The molecule has 0 aliphatic heterocycles. The van der Waals surface area contributed by atoms with E-state index in [1.165, 1.54) is 5.69 Å². The smallest absolute Gasteiger partial charge is 0.0641 e. The Morgan fingerprint density at radius 2 is 2.23 bits per heavy atom. The van der Waals surface area contributed by atoms with E-state index in [1.807, 2.05) is 0 Å². The third kappa shape index (κ3) is 3.20. The minimum absolute atomic E-state index is 0.773. The van der Waals surface area contributed by atoms with Crippen LogP contribution in [0.1, 0.15) is 5.69 Å². The Bertz CT molecular complexity index is 243. The first-order chi connectivity index (χ1) is 6.24. The molecule has 0 unspecified atom stereocenters. The Labute approximate surface area is 79.9 Å². The predicted octanol–water partition coefficient (Wildman–Crippen LogP) is 1.20. The van der Waals surface area contributed by atoms with Gasteiger partial charge in [0.1, 0.15) is 0 Å². The summed E-state index contributed by atoms with van der Waals surface area (Å²) in [5, 5.41) is 0. The van der Waals surface area contributed by atoms with Crippen LogP contribution in [0.5, 0.6) is 0 Å². The number of hydrogen-bond donors (Lipinski definition) is 0. The van der Waals surface area contributed by atoms with Gasteiger partial charge in [0.25, 0.3) is 0 Å². The van der Waals surface area contributed by atoms with Crippen molar-refractivity contribution in [2.45, 2.75) is 13.1 Å². The highest BCUT2D eigenvalue weighted by Gasteiger charge is 2.00. The van der Waals surface area contributed by atoms with Crippen LogP contribution in [0, 0.1) is 0 Å². The summed E-state index contributed by atoms with van der Waals surface area (Å²) in [6.45, 7) is 2.69. The van der Waals surface area contributed by atoms with E-state index in [-0.39, 0.29) is 0 Å². The van der Waals surface area contributed by atoms with Gasteiger partial charge in [-0.2, -0.15) is 0 Å². The van der Waals surface area contributed by atoms with Crippen LogP contribution in [0.15, 0.2) is 18.3 Å². The highest BCUT2D eigenvalue weighted by molar-refractivity contribution is 5.06. The molecule has 1 rings (SSSR count). The van der Waals surface area contributed by atoms with E-state index in [0.717, 1.165) is 19.7 Å². The van der Waals surface area contributed by atoms with E-state index in [0.29, 0.717) is 0 Å². The molecule has 0 saturated heterocycles. The van der Waals surface area contributed by atoms with Crippen LogP contribution in [0.3, 0.4) is 0 Å². The van der Waals surface area contributed by atoms with E-state index in [2.05, 4.69) is 41.9 Å². The standard InChI is InChI=1S/C10H18N2O/c1-11(2)9-10-5-4-6-12(10)7-8-13-3/h4-6H,7-9H2,1-3H3. The van der Waals surface area contributed by atoms with Crippen LogP contribution in [0.2, 0.25) is 0 Å². The maximum atomic E-state index is 5.04. The van der Waals surface area contributed by atoms with Gasteiger partial charge >= 0.3 is 0 Å². The zero-order valence-corrected chi connectivity index (χ0v) is 8.66. The third-order valence-electron chi connectivity index (χ3n) is 1.94. The molecule has 0 amide bonds. The molecule has 3 nitrogen and oxygen atoms in total. The SMILES string of the molecule is COCCn1cccc1CN(C)C. The summed E-state index contributed by atoms with van der Waals surface area (Å²) >= 11 is 0. The Morgan fingerprint density at radius 1 is 1.46 bits per heavy atom. The third-order valence-corrected chi connectivity index (χ3v) is 1.94. The Morgan fingerprint density at radius 3 is 2.85 bits per heavy atom. The molecule has 1 heterocycles. The van der Waals surface area contributed by atoms with E-state index in [9.17, 15) is 0 Å². The summed E-state index contributed by atoms with van der Waals surface area (Å²) in [4.78, 5) is 2.17. The van der Waals surface area contributed by atoms with E-state index >= 15 is 0 Å². The molecule has 0 radical (unpaired) electrons. The Hall–Kier alpha value is -0.800. The zero-order valence-electron chi connectivity index (χ0n) is 8.66. The summed E-state index contributed by atoms with van der Waals surface area (Å²) in [6.07, 6.45) is 2.10. The van der Waals surface area contributed by atoms with Crippen molar-refractivity contribution in [3.05, 3.63) is 24.0 Å². The van der Waals surface area contributed by atoms with Gasteiger partial charge in [-0.1, -0.05) is 0 Å². The number of hydrogen-bond acceptors (Lipinski definition) is 2. The summed E-state index contributed by atoms with van der Waals surface area (Å²) in [7, 11) is 5.89. The molecule has 0 spiro atoms. The van der Waals surface area contributed by atoms with Crippen molar-refractivity contribution in [3.63, 3.8) is 0 Å². The van der Waals surface area contributed by atoms with Crippen LogP contribution in [-0.2, 0) is 17.8 Å². The van der Waals surface area contributed by atoms with E-state index < -0.39 is 0 Å². The first-order valence-electron chi connectivity index (χ1n) is 4.51. The summed E-state index contributed by atoms with van der Waals surface area (Å²) in [5.41, 5.74) is 1.34. The average Bonchev–Trinajstić information content (AvgIpc) is 2.48. The number of nitrogens with zero attached hydrogens (tertiary/aromatic N) is 2. The Balaban J connectivity index is 2.55. The normalized spacial score (nSPS) is 11.1. The average molecular weight is 182 g/mol. The molecule has 3 heteroatoms. The van der Waals surface area contributed by atoms with Gasteiger partial charge in [0.05, 0.1) is 6.61 Å². The van der Waals surface area contributed by atoms with Gasteiger partial charge in [0.15, 0.2) is 0 Å². The molecule has 0 bridgehead atoms. The summed E-state index contributed by atoms with van der Waals surface area (Å²) in [5.74, 6) is 0. The van der Waals surface area contributed by atoms with Crippen LogP contribution in [-0.4, -0.2) is 37.3 Å². The van der Waals surface area contributed by atoms with Crippen LogP contribution in [0.25, 0.3) is 0 Å². The topological polar surface area (TPSA) is 17.4 Å². The molecule has 0 N–H and O–H groups in total. The summed E-state index contributed by atoms with van der Waals surface area (Å²) < 4.78 is 7.27. The van der Waals surface area contributed by atoms with Gasteiger partial charge in [-0.25, -0.2) is 0 Å². The fourth-order valence-corrected chi connectivity index (χ4v) is 1.32. The highest BCUT2D eigenvalue weighted by atomic mass is 16.5. The molecule has 0 aliphatic rings. The molecule has 0 aromatic carbocycles. The lowest BCUT2D eigenvalue weighted by molar-refractivity contribution is 0.185. The van der Waals surface area contributed by atoms with Crippen LogP contribution >= 0.6 is 0 Å². The lowest BCUT2D eigenvalue weighted by atomic mass is 10.4. The number of aromatic nitrogens is 1. The van der Waals surface area contributed by atoms with E-state index in [4.69, 9.17) is 4.74 Å². The van der Waals surface area contributed by atoms with Crippen molar-refractivity contribution in [3.8, 4) is 0 Å². The molecule has 0 atom stereocenters. The van der Waals surface area contributed by atoms with Gasteiger partial charge in [-0.15, -0.1) is 0 Å². The van der Waals surface area contributed by atoms with Gasteiger partial charge < -0.3 is 14.2 Å². The van der Waals surface area contributed by atoms with Gasteiger partial charge in [-0.3, -0.25) is 0 Å². The first-order valence-corrected chi connectivity index (χ1v) is 4.51. The fourth-order valence-electron chi connectivity index (χ4n) is 1.32. The number of ether oxygens (including phenoxy) is 1. The minimum Gasteiger partial charge on any atom is -0.383 e. The van der Waals surface area contributed by atoms with Crippen LogP contribution < -0.4 is 0 Å². The molecule has 1 aromatic rings. The molecular formula is C10H18N2O. The minimum atomic E-state index is 0.773. The predicted molar refractivity (Wildman–Crippen MR) is 53.7 cm³/mol. The van der Waals surface area contributed by atoms with Crippen molar-refractivity contribution in [1.29, 1.82) is 0 Å². The Kier molecular flexibility index (Phi) is 3.99. The molecule has 74 valence electrons. The fraction of sp³-hybridized carbons (Fsp3) is 0.600. The second-order valence-corrected chi connectivity index (χ2v) is 3.42. The lowest BCUT2D eigenvalue weighted by Gasteiger charge is -2.12. The lowest BCUT2D eigenvalue weighted by Crippen LogP contribution is -2.15. The quantitative estimate of drug-likeness (QED) is 0.680. The van der Waals surface area contributed by atoms with Gasteiger partial charge in [0.2, 0.25) is 0 Å². The van der Waals surface area contributed by atoms with Crippen molar-refractivity contribution >= 4 is 0 Å². The zero-order chi connectivity index (χ0) is 9.68. The van der Waals surface area contributed by atoms with Gasteiger partial charge in [-0.05, 0) is 26.2 Å². The molecule has 0 saturated carbocycles. The van der Waals surface area contributed by atoms with Crippen molar-refractivity contribution in [2.24, 2.45) is 0 Å². The maximum absolute atomic E-state index is 5.04. The van der Waals surface area contributed by atoms with Crippen molar-refractivity contribution < 1.29 is 4.74 Å². The number of rotatable bonds is 5. The molecular weight excluding hydrogens is 164 g/mol. The molecule has 0 aliphatic carbocycles. The second-order valence-electron chi connectivity index (χ2n) is 3.42. The molecule has 13 heavy (non-hydrogen) atoms. The molecule has 0 fully saturated rings.